The number of aryl methyl sites for hydroxylation is 1. The Morgan fingerprint density at radius 2 is 2.21 bits per heavy atom. The van der Waals surface area contributed by atoms with E-state index in [1.54, 1.807) is 0 Å². The van der Waals surface area contributed by atoms with Crippen LogP contribution in [0.5, 0.6) is 5.75 Å². The van der Waals surface area contributed by atoms with Crippen LogP contribution >= 0.6 is 15.9 Å². The van der Waals surface area contributed by atoms with Gasteiger partial charge in [0.1, 0.15) is 5.75 Å². The summed E-state index contributed by atoms with van der Waals surface area (Å²) < 4.78 is 11.8. The van der Waals surface area contributed by atoms with Crippen LogP contribution in [0.2, 0.25) is 0 Å². The van der Waals surface area contributed by atoms with Gasteiger partial charge in [0.05, 0.1) is 0 Å². The van der Waals surface area contributed by atoms with Gasteiger partial charge < -0.3 is 14.8 Å². The zero-order valence-electron chi connectivity index (χ0n) is 10.9. The van der Waals surface area contributed by atoms with Crippen LogP contribution in [-0.2, 0) is 9.53 Å². The molecule has 0 atom stereocenters. The first-order valence-corrected chi connectivity index (χ1v) is 7.20. The fraction of sp³-hybridized carbons (Fsp3) is 0.500. The Balaban J connectivity index is 1.77. The SMILES string of the molecule is Cc1cc(OCC(=O)NC2CCOCC2)ccc1Br. The van der Waals surface area contributed by atoms with Gasteiger partial charge in [0.25, 0.3) is 5.91 Å². The summed E-state index contributed by atoms with van der Waals surface area (Å²) in [5, 5.41) is 2.96. The van der Waals surface area contributed by atoms with Crippen LogP contribution in [0.25, 0.3) is 0 Å². The van der Waals surface area contributed by atoms with Crippen molar-refractivity contribution in [3.8, 4) is 5.75 Å². The van der Waals surface area contributed by atoms with Crippen LogP contribution in [0.1, 0.15) is 18.4 Å². The van der Waals surface area contributed by atoms with Crippen molar-refractivity contribution in [2.24, 2.45) is 0 Å². The summed E-state index contributed by atoms with van der Waals surface area (Å²) in [4.78, 5) is 11.8. The van der Waals surface area contributed by atoms with Crippen LogP contribution in [0, 0.1) is 6.92 Å². The normalized spacial score (nSPS) is 16.1. The molecule has 1 aromatic carbocycles. The zero-order valence-corrected chi connectivity index (χ0v) is 12.5. The molecule has 0 aromatic heterocycles. The largest absolute Gasteiger partial charge is 0.484 e. The van der Waals surface area contributed by atoms with Gasteiger partial charge in [0, 0.05) is 23.7 Å². The van der Waals surface area contributed by atoms with E-state index in [1.807, 2.05) is 25.1 Å². The predicted octanol–water partition coefficient (Wildman–Crippen LogP) is 2.43. The molecule has 1 heterocycles. The summed E-state index contributed by atoms with van der Waals surface area (Å²) in [7, 11) is 0. The molecule has 0 radical (unpaired) electrons. The first kappa shape index (κ1) is 14.3. The average Bonchev–Trinajstić information content (AvgIpc) is 2.41. The maximum atomic E-state index is 11.8. The number of hydrogen-bond donors (Lipinski definition) is 1. The monoisotopic (exact) mass is 327 g/mol. The Kier molecular flexibility index (Phi) is 5.22. The molecule has 0 aliphatic carbocycles. The highest BCUT2D eigenvalue weighted by molar-refractivity contribution is 9.10. The van der Waals surface area contributed by atoms with Gasteiger partial charge in [-0.3, -0.25) is 4.79 Å². The van der Waals surface area contributed by atoms with Crippen LogP contribution in [0.3, 0.4) is 0 Å². The molecule has 0 spiro atoms. The summed E-state index contributed by atoms with van der Waals surface area (Å²) >= 11 is 3.43. The first-order valence-electron chi connectivity index (χ1n) is 6.41. The number of halogens is 1. The van der Waals surface area contributed by atoms with Crippen LogP contribution in [0.4, 0.5) is 0 Å². The molecule has 1 amide bonds. The molecule has 0 unspecified atom stereocenters. The minimum Gasteiger partial charge on any atom is -0.484 e. The topological polar surface area (TPSA) is 47.6 Å². The maximum absolute atomic E-state index is 11.8. The lowest BCUT2D eigenvalue weighted by Gasteiger charge is -2.23. The van der Waals surface area contributed by atoms with Crippen LogP contribution in [-0.4, -0.2) is 31.8 Å². The minimum absolute atomic E-state index is 0.0540. The predicted molar refractivity (Wildman–Crippen MR) is 76.4 cm³/mol. The molecule has 0 bridgehead atoms. The number of hydrogen-bond acceptors (Lipinski definition) is 3. The molecule has 1 aliphatic heterocycles. The fourth-order valence-corrected chi connectivity index (χ4v) is 2.21. The molecule has 1 fully saturated rings. The Bertz CT molecular complexity index is 444. The van der Waals surface area contributed by atoms with Crippen molar-refractivity contribution in [2.45, 2.75) is 25.8 Å². The second-order valence-corrected chi connectivity index (χ2v) is 5.51. The smallest absolute Gasteiger partial charge is 0.258 e. The molecular formula is C14H18BrNO3. The Morgan fingerprint density at radius 1 is 1.47 bits per heavy atom. The Hall–Kier alpha value is -1.07. The van der Waals surface area contributed by atoms with E-state index in [0.29, 0.717) is 5.75 Å². The summed E-state index contributed by atoms with van der Waals surface area (Å²) in [5.41, 5.74) is 1.09. The zero-order chi connectivity index (χ0) is 13.7. The lowest BCUT2D eigenvalue weighted by molar-refractivity contribution is -0.124. The summed E-state index contributed by atoms with van der Waals surface area (Å²) in [5.74, 6) is 0.635. The molecule has 4 nitrogen and oxygen atoms in total. The molecule has 1 N–H and O–H groups in total. The molecule has 2 rings (SSSR count). The molecule has 19 heavy (non-hydrogen) atoms. The van der Waals surface area contributed by atoms with Gasteiger partial charge in [-0.2, -0.15) is 0 Å². The van der Waals surface area contributed by atoms with Crippen molar-refractivity contribution in [2.75, 3.05) is 19.8 Å². The van der Waals surface area contributed by atoms with Crippen molar-refractivity contribution >= 4 is 21.8 Å². The summed E-state index contributed by atoms with van der Waals surface area (Å²) in [6.07, 6.45) is 1.76. The average molecular weight is 328 g/mol. The van der Waals surface area contributed by atoms with E-state index in [1.165, 1.54) is 0 Å². The summed E-state index contributed by atoms with van der Waals surface area (Å²) in [6.45, 7) is 3.48. The van der Waals surface area contributed by atoms with Gasteiger partial charge >= 0.3 is 0 Å². The molecule has 1 saturated heterocycles. The number of carbonyl (C=O) groups is 1. The van der Waals surface area contributed by atoms with E-state index < -0.39 is 0 Å². The highest BCUT2D eigenvalue weighted by Crippen LogP contribution is 2.21. The molecule has 5 heteroatoms. The van der Waals surface area contributed by atoms with E-state index in [9.17, 15) is 4.79 Å². The fourth-order valence-electron chi connectivity index (χ4n) is 1.97. The van der Waals surface area contributed by atoms with Crippen molar-refractivity contribution in [1.29, 1.82) is 0 Å². The van der Waals surface area contributed by atoms with Crippen LogP contribution in [0.15, 0.2) is 22.7 Å². The molecular weight excluding hydrogens is 310 g/mol. The standard InChI is InChI=1S/C14H18BrNO3/c1-10-8-12(2-3-13(10)15)19-9-14(17)16-11-4-6-18-7-5-11/h2-3,8,11H,4-7,9H2,1H3,(H,16,17). The number of benzene rings is 1. The minimum atomic E-state index is -0.0764. The van der Waals surface area contributed by atoms with E-state index >= 15 is 0 Å². The molecule has 104 valence electrons. The van der Waals surface area contributed by atoms with Crippen molar-refractivity contribution in [3.63, 3.8) is 0 Å². The summed E-state index contributed by atoms with van der Waals surface area (Å²) in [6, 6.07) is 5.89. The van der Waals surface area contributed by atoms with E-state index in [2.05, 4.69) is 21.2 Å². The number of amides is 1. The number of rotatable bonds is 4. The van der Waals surface area contributed by atoms with Gasteiger partial charge in [-0.05, 0) is 43.5 Å². The highest BCUT2D eigenvalue weighted by atomic mass is 79.9. The van der Waals surface area contributed by atoms with E-state index in [-0.39, 0.29) is 18.6 Å². The second-order valence-electron chi connectivity index (χ2n) is 4.65. The van der Waals surface area contributed by atoms with Crippen molar-refractivity contribution < 1.29 is 14.3 Å². The molecule has 0 saturated carbocycles. The van der Waals surface area contributed by atoms with Gasteiger partial charge in [-0.15, -0.1) is 0 Å². The third kappa shape index (κ3) is 4.51. The third-order valence-electron chi connectivity index (χ3n) is 3.09. The van der Waals surface area contributed by atoms with Crippen molar-refractivity contribution in [3.05, 3.63) is 28.2 Å². The molecule has 1 aromatic rings. The number of carbonyl (C=O) groups excluding carboxylic acids is 1. The molecule has 1 aliphatic rings. The van der Waals surface area contributed by atoms with Gasteiger partial charge in [-0.1, -0.05) is 15.9 Å². The van der Waals surface area contributed by atoms with E-state index in [0.717, 1.165) is 36.1 Å². The van der Waals surface area contributed by atoms with Gasteiger partial charge in [0.15, 0.2) is 6.61 Å². The third-order valence-corrected chi connectivity index (χ3v) is 3.98. The highest BCUT2D eigenvalue weighted by Gasteiger charge is 2.16. The quantitative estimate of drug-likeness (QED) is 0.923. The van der Waals surface area contributed by atoms with E-state index in [4.69, 9.17) is 9.47 Å². The van der Waals surface area contributed by atoms with Crippen molar-refractivity contribution in [1.82, 2.24) is 5.32 Å². The van der Waals surface area contributed by atoms with Gasteiger partial charge in [0.2, 0.25) is 0 Å². The van der Waals surface area contributed by atoms with Crippen LogP contribution < -0.4 is 10.1 Å². The second kappa shape index (κ2) is 6.91. The lowest BCUT2D eigenvalue weighted by atomic mass is 10.1. The maximum Gasteiger partial charge on any atom is 0.258 e. The Labute approximate surface area is 121 Å². The lowest BCUT2D eigenvalue weighted by Crippen LogP contribution is -2.41. The van der Waals surface area contributed by atoms with Gasteiger partial charge in [-0.25, -0.2) is 0 Å². The first-order chi connectivity index (χ1) is 9.15. The Morgan fingerprint density at radius 3 is 2.89 bits per heavy atom. The number of nitrogens with one attached hydrogen (secondary N) is 1. The number of ether oxygens (including phenoxy) is 2.